The Labute approximate surface area is 109 Å². The number of nitrogens with zero attached hydrogens (tertiary/aromatic N) is 2. The summed E-state index contributed by atoms with van der Waals surface area (Å²) in [5, 5.41) is 6.50. The van der Waals surface area contributed by atoms with Crippen molar-refractivity contribution in [2.75, 3.05) is 5.73 Å². The first-order chi connectivity index (χ1) is 9.11. The Kier molecular flexibility index (Phi) is 2.38. The van der Waals surface area contributed by atoms with Crippen LogP contribution in [0.25, 0.3) is 0 Å². The molecule has 1 aliphatic heterocycles. The quantitative estimate of drug-likeness (QED) is 0.626. The lowest BCUT2D eigenvalue weighted by Gasteiger charge is -2.21. The number of rotatable bonds is 2. The summed E-state index contributed by atoms with van der Waals surface area (Å²) >= 11 is 0. The maximum Gasteiger partial charge on any atom is 0.264 e. The highest BCUT2D eigenvalue weighted by atomic mass is 16.2. The molecule has 1 aromatic carbocycles. The smallest absolute Gasteiger partial charge is 0.264 e. The van der Waals surface area contributed by atoms with Gasteiger partial charge in [0, 0.05) is 17.4 Å². The predicted molar refractivity (Wildman–Crippen MR) is 68.4 cm³/mol. The van der Waals surface area contributed by atoms with Crippen LogP contribution in [0.4, 0.5) is 5.69 Å². The number of nitrogens with two attached hydrogens (primary N) is 1. The summed E-state index contributed by atoms with van der Waals surface area (Å²) in [4.78, 5) is 25.9. The average Bonchev–Trinajstić information content (AvgIpc) is 2.98. The summed E-state index contributed by atoms with van der Waals surface area (Å²) in [7, 11) is 0. The van der Waals surface area contributed by atoms with Gasteiger partial charge in [-0.3, -0.25) is 19.6 Å². The Hall–Kier alpha value is -2.63. The SMILES string of the molecule is CC(c1cn[nH]c1)N1C(=O)c2cccc(N)c2C1=O. The van der Waals surface area contributed by atoms with Crippen LogP contribution in [0.5, 0.6) is 0 Å². The molecule has 0 fully saturated rings. The summed E-state index contributed by atoms with van der Waals surface area (Å²) in [6.45, 7) is 1.78. The first-order valence-electron chi connectivity index (χ1n) is 5.86. The van der Waals surface area contributed by atoms with Crippen LogP contribution in [0.15, 0.2) is 30.6 Å². The molecule has 1 aliphatic rings. The van der Waals surface area contributed by atoms with Crippen molar-refractivity contribution in [3.05, 3.63) is 47.3 Å². The summed E-state index contributed by atoms with van der Waals surface area (Å²) in [5.74, 6) is -0.673. The van der Waals surface area contributed by atoms with Crippen LogP contribution in [-0.2, 0) is 0 Å². The van der Waals surface area contributed by atoms with Crippen molar-refractivity contribution >= 4 is 17.5 Å². The molecule has 6 heteroatoms. The Morgan fingerprint density at radius 1 is 1.32 bits per heavy atom. The Bertz CT molecular complexity index is 663. The van der Waals surface area contributed by atoms with Crippen LogP contribution >= 0.6 is 0 Å². The van der Waals surface area contributed by atoms with Crippen molar-refractivity contribution < 1.29 is 9.59 Å². The first-order valence-corrected chi connectivity index (χ1v) is 5.86. The van der Waals surface area contributed by atoms with E-state index in [4.69, 9.17) is 5.73 Å². The predicted octanol–water partition coefficient (Wildman–Crippen LogP) is 1.35. The summed E-state index contributed by atoms with van der Waals surface area (Å²) < 4.78 is 0. The largest absolute Gasteiger partial charge is 0.398 e. The maximum atomic E-state index is 12.4. The van der Waals surface area contributed by atoms with E-state index in [-0.39, 0.29) is 17.9 Å². The topological polar surface area (TPSA) is 92.1 Å². The van der Waals surface area contributed by atoms with Gasteiger partial charge in [0.1, 0.15) is 0 Å². The Morgan fingerprint density at radius 2 is 2.11 bits per heavy atom. The summed E-state index contributed by atoms with van der Waals surface area (Å²) in [6, 6.07) is 4.53. The molecule has 96 valence electrons. The van der Waals surface area contributed by atoms with E-state index in [0.29, 0.717) is 16.8 Å². The van der Waals surface area contributed by atoms with Gasteiger partial charge in [-0.25, -0.2) is 0 Å². The number of H-pyrrole nitrogens is 1. The van der Waals surface area contributed by atoms with E-state index in [1.165, 1.54) is 4.90 Å². The molecule has 2 heterocycles. The zero-order valence-electron chi connectivity index (χ0n) is 10.3. The molecule has 1 aromatic heterocycles. The summed E-state index contributed by atoms with van der Waals surface area (Å²) in [6.07, 6.45) is 3.26. The fourth-order valence-corrected chi connectivity index (χ4v) is 2.32. The minimum absolute atomic E-state index is 0.294. The van der Waals surface area contributed by atoms with Crippen molar-refractivity contribution in [1.82, 2.24) is 15.1 Å². The minimum atomic E-state index is -0.384. The number of carbonyl (C=O) groups excluding carboxylic acids is 2. The number of anilines is 1. The third-order valence-corrected chi connectivity index (χ3v) is 3.37. The fourth-order valence-electron chi connectivity index (χ4n) is 2.32. The zero-order valence-corrected chi connectivity index (χ0v) is 10.3. The van der Waals surface area contributed by atoms with Crippen LogP contribution < -0.4 is 5.73 Å². The van der Waals surface area contributed by atoms with Crippen LogP contribution in [-0.4, -0.2) is 26.9 Å². The number of benzene rings is 1. The highest BCUT2D eigenvalue weighted by Crippen LogP contribution is 2.33. The van der Waals surface area contributed by atoms with Crippen molar-refractivity contribution in [2.24, 2.45) is 0 Å². The second-order valence-corrected chi connectivity index (χ2v) is 4.46. The molecule has 1 atom stereocenters. The van der Waals surface area contributed by atoms with E-state index in [1.54, 1.807) is 37.5 Å². The van der Waals surface area contributed by atoms with Crippen molar-refractivity contribution in [3.8, 4) is 0 Å². The normalized spacial score (nSPS) is 15.7. The number of hydrogen-bond donors (Lipinski definition) is 2. The van der Waals surface area contributed by atoms with Gasteiger partial charge < -0.3 is 5.73 Å². The lowest BCUT2D eigenvalue weighted by Crippen LogP contribution is -2.32. The number of aromatic amines is 1. The standard InChI is InChI=1S/C13H12N4O2/c1-7(8-5-15-16-6-8)17-12(18)9-3-2-4-10(14)11(9)13(17)19/h2-7H,14H2,1H3,(H,15,16). The van der Waals surface area contributed by atoms with Crippen LogP contribution in [0.2, 0.25) is 0 Å². The van der Waals surface area contributed by atoms with Gasteiger partial charge in [0.2, 0.25) is 0 Å². The van der Waals surface area contributed by atoms with E-state index in [2.05, 4.69) is 10.2 Å². The maximum absolute atomic E-state index is 12.4. The minimum Gasteiger partial charge on any atom is -0.398 e. The van der Waals surface area contributed by atoms with Gasteiger partial charge in [0.05, 0.1) is 23.4 Å². The molecule has 0 saturated heterocycles. The lowest BCUT2D eigenvalue weighted by molar-refractivity contribution is 0.0596. The number of carbonyl (C=O) groups is 2. The molecule has 6 nitrogen and oxygen atoms in total. The van der Waals surface area contributed by atoms with Crippen molar-refractivity contribution in [2.45, 2.75) is 13.0 Å². The first kappa shape index (κ1) is 11.5. The third-order valence-electron chi connectivity index (χ3n) is 3.37. The van der Waals surface area contributed by atoms with Gasteiger partial charge >= 0.3 is 0 Å². The number of nitrogen functional groups attached to an aromatic ring is 1. The molecule has 2 amide bonds. The third kappa shape index (κ3) is 1.53. The number of amides is 2. The Balaban J connectivity index is 2.06. The van der Waals surface area contributed by atoms with Gasteiger partial charge in [-0.2, -0.15) is 5.10 Å². The van der Waals surface area contributed by atoms with E-state index >= 15 is 0 Å². The van der Waals surface area contributed by atoms with Crippen LogP contribution in [0, 0.1) is 0 Å². The Morgan fingerprint density at radius 3 is 2.74 bits per heavy atom. The average molecular weight is 256 g/mol. The molecular formula is C13H12N4O2. The van der Waals surface area contributed by atoms with E-state index in [0.717, 1.165) is 5.56 Å². The van der Waals surface area contributed by atoms with Gasteiger partial charge in [0.15, 0.2) is 0 Å². The molecule has 0 radical (unpaired) electrons. The highest BCUT2D eigenvalue weighted by molar-refractivity contribution is 6.23. The van der Waals surface area contributed by atoms with Crippen molar-refractivity contribution in [3.63, 3.8) is 0 Å². The van der Waals surface area contributed by atoms with Gasteiger partial charge in [0.25, 0.3) is 11.8 Å². The van der Waals surface area contributed by atoms with Gasteiger partial charge in [-0.1, -0.05) is 6.07 Å². The number of imide groups is 1. The van der Waals surface area contributed by atoms with E-state index in [1.807, 2.05) is 0 Å². The molecule has 3 rings (SSSR count). The van der Waals surface area contributed by atoms with Gasteiger partial charge in [-0.15, -0.1) is 0 Å². The fraction of sp³-hybridized carbons (Fsp3) is 0.154. The second kappa shape index (κ2) is 3.94. The molecule has 3 N–H and O–H groups in total. The molecule has 1 unspecified atom stereocenters. The zero-order chi connectivity index (χ0) is 13.6. The molecule has 0 spiro atoms. The number of hydrogen-bond acceptors (Lipinski definition) is 4. The number of fused-ring (bicyclic) bond motifs is 1. The molecule has 0 saturated carbocycles. The van der Waals surface area contributed by atoms with Gasteiger partial charge in [-0.05, 0) is 19.1 Å². The lowest BCUT2D eigenvalue weighted by atomic mass is 10.1. The molecule has 0 aliphatic carbocycles. The second-order valence-electron chi connectivity index (χ2n) is 4.46. The van der Waals surface area contributed by atoms with Crippen LogP contribution in [0.3, 0.4) is 0 Å². The molecular weight excluding hydrogens is 244 g/mol. The molecule has 0 bridgehead atoms. The number of aromatic nitrogens is 2. The van der Waals surface area contributed by atoms with Crippen molar-refractivity contribution in [1.29, 1.82) is 0 Å². The molecule has 2 aromatic rings. The van der Waals surface area contributed by atoms with E-state index in [9.17, 15) is 9.59 Å². The highest BCUT2D eigenvalue weighted by Gasteiger charge is 2.40. The number of nitrogens with one attached hydrogen (secondary N) is 1. The van der Waals surface area contributed by atoms with E-state index < -0.39 is 0 Å². The summed E-state index contributed by atoms with van der Waals surface area (Å²) in [5.41, 5.74) is 7.55. The van der Waals surface area contributed by atoms with Crippen LogP contribution in [0.1, 0.15) is 39.2 Å². The molecule has 19 heavy (non-hydrogen) atoms. The monoisotopic (exact) mass is 256 g/mol.